The number of carbonyl (C=O) groups is 1. The van der Waals surface area contributed by atoms with Gasteiger partial charge in [-0.2, -0.15) is 0 Å². The van der Waals surface area contributed by atoms with Gasteiger partial charge < -0.3 is 14.4 Å². The lowest BCUT2D eigenvalue weighted by atomic mass is 10.2. The number of ether oxygens (including phenoxy) is 2. The Labute approximate surface area is 157 Å². The van der Waals surface area contributed by atoms with Crippen LogP contribution in [-0.4, -0.2) is 36.2 Å². The van der Waals surface area contributed by atoms with E-state index in [9.17, 15) is 4.79 Å². The van der Waals surface area contributed by atoms with E-state index in [2.05, 4.69) is 0 Å². The van der Waals surface area contributed by atoms with E-state index in [-0.39, 0.29) is 12.0 Å². The lowest BCUT2D eigenvalue weighted by Gasteiger charge is -2.28. The normalized spacial score (nSPS) is 18.1. The largest absolute Gasteiger partial charge is 0.481 e. The average Bonchev–Trinajstić information content (AvgIpc) is 3.29. The monoisotopic (exact) mass is 379 g/mol. The predicted octanol–water partition coefficient (Wildman–Crippen LogP) is 4.38. The van der Waals surface area contributed by atoms with Crippen molar-refractivity contribution in [2.24, 2.45) is 0 Å². The van der Waals surface area contributed by atoms with Crippen molar-refractivity contribution in [1.82, 2.24) is 4.90 Å². The Bertz CT molecular complexity index is 668. The third kappa shape index (κ3) is 5.21. The number of rotatable bonds is 7. The molecule has 2 heterocycles. The fourth-order valence-electron chi connectivity index (χ4n) is 2.88. The van der Waals surface area contributed by atoms with Crippen molar-refractivity contribution in [1.29, 1.82) is 0 Å². The standard InChI is InChI=1S/C19H22ClNO3S/c1-14(24-16-8-6-15(20)7-9-16)19(22)21(12-17-4-2-10-23-17)13-18-5-3-11-25-18/h3,5-9,11,14,17H,2,4,10,12-13H2,1H3. The van der Waals surface area contributed by atoms with E-state index in [0.29, 0.717) is 23.9 Å². The zero-order valence-corrected chi connectivity index (χ0v) is 15.8. The maximum Gasteiger partial charge on any atom is 0.263 e. The molecule has 1 aromatic heterocycles. The highest BCUT2D eigenvalue weighted by Gasteiger charge is 2.27. The number of benzene rings is 1. The Balaban J connectivity index is 1.66. The summed E-state index contributed by atoms with van der Waals surface area (Å²) in [5, 5.41) is 2.67. The maximum absolute atomic E-state index is 13.0. The molecule has 2 atom stereocenters. The summed E-state index contributed by atoms with van der Waals surface area (Å²) in [6.07, 6.45) is 1.61. The van der Waals surface area contributed by atoms with E-state index in [1.165, 1.54) is 0 Å². The molecule has 2 aromatic rings. The number of hydrogen-bond acceptors (Lipinski definition) is 4. The molecule has 2 unspecified atom stereocenters. The SMILES string of the molecule is CC(Oc1ccc(Cl)cc1)C(=O)N(Cc1cccs1)CC1CCCO1. The lowest BCUT2D eigenvalue weighted by Crippen LogP contribution is -2.43. The van der Waals surface area contributed by atoms with Crippen LogP contribution in [0.4, 0.5) is 0 Å². The van der Waals surface area contributed by atoms with Crippen LogP contribution in [0.15, 0.2) is 41.8 Å². The van der Waals surface area contributed by atoms with Crippen molar-refractivity contribution in [3.05, 3.63) is 51.7 Å². The fourth-order valence-corrected chi connectivity index (χ4v) is 3.73. The van der Waals surface area contributed by atoms with Crippen LogP contribution in [0.3, 0.4) is 0 Å². The summed E-state index contributed by atoms with van der Waals surface area (Å²) in [6, 6.07) is 11.1. The van der Waals surface area contributed by atoms with Crippen LogP contribution in [0.5, 0.6) is 5.75 Å². The van der Waals surface area contributed by atoms with Gasteiger partial charge in [-0.05, 0) is 55.5 Å². The van der Waals surface area contributed by atoms with Gasteiger partial charge in [0, 0.05) is 23.1 Å². The Hall–Kier alpha value is -1.56. The molecule has 1 fully saturated rings. The fraction of sp³-hybridized carbons (Fsp3) is 0.421. The second-order valence-electron chi connectivity index (χ2n) is 6.15. The number of amides is 1. The molecular formula is C19H22ClNO3S. The van der Waals surface area contributed by atoms with E-state index in [1.807, 2.05) is 22.4 Å². The third-order valence-electron chi connectivity index (χ3n) is 4.16. The van der Waals surface area contributed by atoms with Gasteiger partial charge in [0.1, 0.15) is 5.75 Å². The van der Waals surface area contributed by atoms with E-state index in [0.717, 1.165) is 24.3 Å². The van der Waals surface area contributed by atoms with Gasteiger partial charge in [0.25, 0.3) is 5.91 Å². The van der Waals surface area contributed by atoms with Crippen molar-refractivity contribution in [2.75, 3.05) is 13.2 Å². The third-order valence-corrected chi connectivity index (χ3v) is 5.27. The number of carbonyl (C=O) groups excluding carboxylic acids is 1. The first-order valence-corrected chi connectivity index (χ1v) is 9.72. The van der Waals surface area contributed by atoms with Crippen molar-refractivity contribution in [3.8, 4) is 5.75 Å². The number of nitrogens with zero attached hydrogens (tertiary/aromatic N) is 1. The topological polar surface area (TPSA) is 38.8 Å². The molecular weight excluding hydrogens is 358 g/mol. The van der Waals surface area contributed by atoms with Gasteiger partial charge in [-0.15, -0.1) is 11.3 Å². The van der Waals surface area contributed by atoms with Crippen molar-refractivity contribution < 1.29 is 14.3 Å². The molecule has 0 N–H and O–H groups in total. The molecule has 3 rings (SSSR count). The zero-order chi connectivity index (χ0) is 17.6. The number of thiophene rings is 1. The first-order valence-electron chi connectivity index (χ1n) is 8.47. The molecule has 0 saturated carbocycles. The van der Waals surface area contributed by atoms with E-state index in [4.69, 9.17) is 21.1 Å². The van der Waals surface area contributed by atoms with Gasteiger partial charge in [0.15, 0.2) is 6.10 Å². The molecule has 1 aliphatic rings. The summed E-state index contributed by atoms with van der Waals surface area (Å²) < 4.78 is 11.5. The predicted molar refractivity (Wildman–Crippen MR) is 100 cm³/mol. The van der Waals surface area contributed by atoms with Crippen LogP contribution in [-0.2, 0) is 16.1 Å². The summed E-state index contributed by atoms with van der Waals surface area (Å²) in [6.45, 7) is 3.76. The summed E-state index contributed by atoms with van der Waals surface area (Å²) in [5.74, 6) is 0.609. The van der Waals surface area contributed by atoms with Gasteiger partial charge >= 0.3 is 0 Å². The van der Waals surface area contributed by atoms with Gasteiger partial charge in [0.2, 0.25) is 0 Å². The molecule has 1 saturated heterocycles. The quantitative estimate of drug-likeness (QED) is 0.716. The lowest BCUT2D eigenvalue weighted by molar-refractivity contribution is -0.140. The van der Waals surface area contributed by atoms with Crippen molar-refractivity contribution >= 4 is 28.8 Å². The minimum absolute atomic E-state index is 0.0288. The zero-order valence-electron chi connectivity index (χ0n) is 14.2. The summed E-state index contributed by atoms with van der Waals surface area (Å²) in [4.78, 5) is 16.0. The smallest absolute Gasteiger partial charge is 0.263 e. The van der Waals surface area contributed by atoms with Gasteiger partial charge in [-0.1, -0.05) is 17.7 Å². The molecule has 1 aliphatic heterocycles. The first kappa shape index (κ1) is 18.2. The highest BCUT2D eigenvalue weighted by atomic mass is 35.5. The van der Waals surface area contributed by atoms with Crippen LogP contribution < -0.4 is 4.74 Å². The molecule has 6 heteroatoms. The first-order chi connectivity index (χ1) is 12.1. The highest BCUT2D eigenvalue weighted by Crippen LogP contribution is 2.20. The van der Waals surface area contributed by atoms with E-state index in [1.54, 1.807) is 42.5 Å². The molecule has 0 spiro atoms. The van der Waals surface area contributed by atoms with Crippen LogP contribution >= 0.6 is 22.9 Å². The Morgan fingerprint density at radius 3 is 2.84 bits per heavy atom. The maximum atomic E-state index is 13.0. The second-order valence-corrected chi connectivity index (χ2v) is 7.62. The van der Waals surface area contributed by atoms with E-state index >= 15 is 0 Å². The Kier molecular flexibility index (Phi) is 6.34. The van der Waals surface area contributed by atoms with Gasteiger partial charge in [-0.3, -0.25) is 4.79 Å². The Morgan fingerprint density at radius 2 is 2.20 bits per heavy atom. The van der Waals surface area contributed by atoms with Crippen LogP contribution in [0.2, 0.25) is 5.02 Å². The van der Waals surface area contributed by atoms with Crippen LogP contribution in [0.25, 0.3) is 0 Å². The van der Waals surface area contributed by atoms with Crippen LogP contribution in [0.1, 0.15) is 24.6 Å². The average molecular weight is 380 g/mol. The molecule has 4 nitrogen and oxygen atoms in total. The minimum atomic E-state index is -0.567. The second kappa shape index (κ2) is 8.70. The molecule has 0 bridgehead atoms. The molecule has 25 heavy (non-hydrogen) atoms. The molecule has 0 radical (unpaired) electrons. The Morgan fingerprint density at radius 1 is 1.40 bits per heavy atom. The van der Waals surface area contributed by atoms with Gasteiger partial charge in [-0.25, -0.2) is 0 Å². The minimum Gasteiger partial charge on any atom is -0.481 e. The number of hydrogen-bond donors (Lipinski definition) is 0. The summed E-state index contributed by atoms with van der Waals surface area (Å²) in [5.41, 5.74) is 0. The summed E-state index contributed by atoms with van der Waals surface area (Å²) >= 11 is 7.55. The van der Waals surface area contributed by atoms with Crippen molar-refractivity contribution in [2.45, 2.75) is 38.5 Å². The van der Waals surface area contributed by atoms with Gasteiger partial charge in [0.05, 0.1) is 12.6 Å². The molecule has 1 amide bonds. The molecule has 134 valence electrons. The molecule has 0 aliphatic carbocycles. The number of halogens is 1. The van der Waals surface area contributed by atoms with Crippen molar-refractivity contribution in [3.63, 3.8) is 0 Å². The van der Waals surface area contributed by atoms with E-state index < -0.39 is 6.10 Å². The highest BCUT2D eigenvalue weighted by molar-refractivity contribution is 7.09. The van der Waals surface area contributed by atoms with Crippen LogP contribution in [0, 0.1) is 0 Å². The molecule has 1 aromatic carbocycles. The summed E-state index contributed by atoms with van der Waals surface area (Å²) in [7, 11) is 0.